The van der Waals surface area contributed by atoms with Crippen molar-refractivity contribution in [1.29, 1.82) is 0 Å². The maximum absolute atomic E-state index is 12.9. The van der Waals surface area contributed by atoms with Gasteiger partial charge < -0.3 is 9.84 Å². The number of anilines is 1. The second-order valence-corrected chi connectivity index (χ2v) is 9.34. The minimum absolute atomic E-state index is 0.0557. The lowest BCUT2D eigenvalue weighted by atomic mass is 9.97. The summed E-state index contributed by atoms with van der Waals surface area (Å²) in [6, 6.07) is 13.3. The number of halogens is 2. The van der Waals surface area contributed by atoms with Gasteiger partial charge in [-0.3, -0.25) is 9.69 Å². The largest absolute Gasteiger partial charge is 0.338 e. The van der Waals surface area contributed by atoms with E-state index in [4.69, 9.17) is 27.7 Å². The molecule has 174 valence electrons. The second kappa shape index (κ2) is 11.1. The van der Waals surface area contributed by atoms with Crippen LogP contribution in [0, 0.1) is 5.92 Å². The van der Waals surface area contributed by atoms with Gasteiger partial charge >= 0.3 is 0 Å². The molecule has 33 heavy (non-hydrogen) atoms. The predicted octanol–water partition coefficient (Wildman–Crippen LogP) is 6.24. The van der Waals surface area contributed by atoms with Crippen LogP contribution in [0.4, 0.5) is 5.69 Å². The molecule has 0 radical (unpaired) electrons. The van der Waals surface area contributed by atoms with E-state index in [0.29, 0.717) is 40.4 Å². The van der Waals surface area contributed by atoms with Gasteiger partial charge in [-0.2, -0.15) is 4.98 Å². The zero-order valence-corrected chi connectivity index (χ0v) is 20.2. The number of hydrogen-bond donors (Lipinski definition) is 1. The first-order valence-corrected chi connectivity index (χ1v) is 12.2. The molecule has 2 aromatic carbocycles. The average Bonchev–Trinajstić information content (AvgIpc) is 3.26. The molecule has 1 aliphatic rings. The van der Waals surface area contributed by atoms with Crippen LogP contribution < -0.4 is 5.32 Å². The van der Waals surface area contributed by atoms with Gasteiger partial charge in [-0.1, -0.05) is 53.8 Å². The van der Waals surface area contributed by atoms with E-state index in [1.807, 2.05) is 12.1 Å². The van der Waals surface area contributed by atoms with Crippen molar-refractivity contribution >= 4 is 34.8 Å². The van der Waals surface area contributed by atoms with Gasteiger partial charge in [0.25, 0.3) is 0 Å². The van der Waals surface area contributed by atoms with Gasteiger partial charge in [-0.05, 0) is 68.1 Å². The number of unbranched alkanes of at least 4 members (excludes halogenated alkanes) is 1. The van der Waals surface area contributed by atoms with Crippen LogP contribution in [0.5, 0.6) is 0 Å². The summed E-state index contributed by atoms with van der Waals surface area (Å²) in [6.45, 7) is 4.22. The van der Waals surface area contributed by atoms with Crippen molar-refractivity contribution in [2.75, 3.05) is 18.4 Å². The Morgan fingerprint density at radius 3 is 2.79 bits per heavy atom. The van der Waals surface area contributed by atoms with Crippen LogP contribution in [0.25, 0.3) is 11.4 Å². The van der Waals surface area contributed by atoms with Crippen LogP contribution in [0.3, 0.4) is 0 Å². The number of nitrogens with zero attached hydrogens (tertiary/aromatic N) is 3. The molecule has 1 aliphatic heterocycles. The Balaban J connectivity index is 1.33. The Labute approximate surface area is 204 Å². The van der Waals surface area contributed by atoms with Gasteiger partial charge in [0, 0.05) is 22.8 Å². The summed E-state index contributed by atoms with van der Waals surface area (Å²) in [5.41, 5.74) is 2.82. The first-order chi connectivity index (χ1) is 16.0. The summed E-state index contributed by atoms with van der Waals surface area (Å²) in [7, 11) is 0. The minimum Gasteiger partial charge on any atom is -0.338 e. The first kappa shape index (κ1) is 23.7. The normalized spacial score (nSPS) is 16.6. The van der Waals surface area contributed by atoms with Crippen molar-refractivity contribution in [1.82, 2.24) is 15.0 Å². The highest BCUT2D eigenvalue weighted by molar-refractivity contribution is 6.36. The van der Waals surface area contributed by atoms with Crippen molar-refractivity contribution in [3.63, 3.8) is 0 Å². The number of likely N-dealkylation sites (tertiary alicyclic amines) is 1. The van der Waals surface area contributed by atoms with Crippen LogP contribution in [0.1, 0.15) is 44.1 Å². The molecule has 8 heteroatoms. The van der Waals surface area contributed by atoms with E-state index in [-0.39, 0.29) is 11.8 Å². The standard InChI is InChI=1S/C25H28Cl2N4O2/c1-2-3-5-17-7-10-20(11-8-17)28-25(32)18-6-4-13-31(15-18)16-23-29-24(30-33-23)21-12-9-19(26)14-22(21)27/h7-12,14,18H,2-6,13,15-16H2,1H3,(H,28,32). The Morgan fingerprint density at radius 1 is 1.21 bits per heavy atom. The quantitative estimate of drug-likeness (QED) is 0.408. The number of rotatable bonds is 8. The third kappa shape index (κ3) is 6.34. The van der Waals surface area contributed by atoms with Gasteiger partial charge in [0.15, 0.2) is 0 Å². The summed E-state index contributed by atoms with van der Waals surface area (Å²) >= 11 is 12.2. The highest BCUT2D eigenvalue weighted by atomic mass is 35.5. The molecule has 6 nitrogen and oxygen atoms in total. The molecular weight excluding hydrogens is 459 g/mol. The van der Waals surface area contributed by atoms with E-state index in [1.54, 1.807) is 18.2 Å². The van der Waals surface area contributed by atoms with Gasteiger partial charge in [-0.25, -0.2) is 0 Å². The number of benzene rings is 2. The van der Waals surface area contributed by atoms with Gasteiger partial charge in [0.05, 0.1) is 17.5 Å². The lowest BCUT2D eigenvalue weighted by molar-refractivity contribution is -0.121. The van der Waals surface area contributed by atoms with Crippen LogP contribution in [0.2, 0.25) is 10.0 Å². The molecular formula is C25H28Cl2N4O2. The summed E-state index contributed by atoms with van der Waals surface area (Å²) in [6.07, 6.45) is 5.24. The molecule has 0 saturated carbocycles. The highest BCUT2D eigenvalue weighted by Crippen LogP contribution is 2.29. The number of carbonyl (C=O) groups is 1. The van der Waals surface area contributed by atoms with Crippen molar-refractivity contribution < 1.29 is 9.32 Å². The maximum atomic E-state index is 12.9. The summed E-state index contributed by atoms with van der Waals surface area (Å²) in [5.74, 6) is 0.909. The number of nitrogens with one attached hydrogen (secondary N) is 1. The number of amides is 1. The number of piperidine rings is 1. The monoisotopic (exact) mass is 486 g/mol. The van der Waals surface area contributed by atoms with Crippen LogP contribution in [0.15, 0.2) is 47.0 Å². The predicted molar refractivity (Wildman–Crippen MR) is 131 cm³/mol. The summed E-state index contributed by atoms with van der Waals surface area (Å²) in [5, 5.41) is 8.16. The van der Waals surface area contributed by atoms with Gasteiger partial charge in [0.2, 0.25) is 17.6 Å². The third-order valence-corrected chi connectivity index (χ3v) is 6.46. The highest BCUT2D eigenvalue weighted by Gasteiger charge is 2.27. The molecule has 0 aliphatic carbocycles. The fraction of sp³-hybridized carbons (Fsp3) is 0.400. The van der Waals surface area contributed by atoms with Crippen molar-refractivity contribution in [2.24, 2.45) is 5.92 Å². The molecule has 1 aromatic heterocycles. The average molecular weight is 487 g/mol. The summed E-state index contributed by atoms with van der Waals surface area (Å²) < 4.78 is 5.44. The summed E-state index contributed by atoms with van der Waals surface area (Å²) in [4.78, 5) is 19.5. The molecule has 1 amide bonds. The topological polar surface area (TPSA) is 71.3 Å². The Bertz CT molecular complexity index is 1080. The zero-order chi connectivity index (χ0) is 23.2. The van der Waals surface area contributed by atoms with E-state index in [0.717, 1.165) is 31.5 Å². The Kier molecular flexibility index (Phi) is 8.02. The first-order valence-electron chi connectivity index (χ1n) is 11.4. The minimum atomic E-state index is -0.0772. The Hall–Kier alpha value is -2.41. The third-order valence-electron chi connectivity index (χ3n) is 5.92. The molecule has 1 saturated heterocycles. The van der Waals surface area contributed by atoms with Crippen molar-refractivity contribution in [3.05, 3.63) is 64.0 Å². The van der Waals surface area contributed by atoms with Crippen LogP contribution in [-0.2, 0) is 17.8 Å². The van der Waals surface area contributed by atoms with Crippen molar-refractivity contribution in [2.45, 2.75) is 45.6 Å². The molecule has 0 spiro atoms. The number of aromatic nitrogens is 2. The maximum Gasteiger partial charge on any atom is 0.241 e. The smallest absolute Gasteiger partial charge is 0.241 e. The lowest BCUT2D eigenvalue weighted by Gasteiger charge is -2.30. The molecule has 0 bridgehead atoms. The molecule has 1 atom stereocenters. The molecule has 4 rings (SSSR count). The van der Waals surface area contributed by atoms with Crippen molar-refractivity contribution in [3.8, 4) is 11.4 Å². The molecule has 1 fully saturated rings. The van der Waals surface area contributed by atoms with E-state index in [9.17, 15) is 4.79 Å². The van der Waals surface area contributed by atoms with Crippen LogP contribution in [-0.4, -0.2) is 34.0 Å². The van der Waals surface area contributed by atoms with E-state index < -0.39 is 0 Å². The van der Waals surface area contributed by atoms with Gasteiger partial charge in [-0.15, -0.1) is 0 Å². The number of carbonyl (C=O) groups excluding carboxylic acids is 1. The molecule has 3 aromatic rings. The molecule has 1 N–H and O–H groups in total. The van der Waals surface area contributed by atoms with Crippen LogP contribution >= 0.6 is 23.2 Å². The fourth-order valence-corrected chi connectivity index (χ4v) is 4.58. The van der Waals surface area contributed by atoms with E-state index in [1.165, 1.54) is 18.4 Å². The van der Waals surface area contributed by atoms with E-state index >= 15 is 0 Å². The molecule has 2 heterocycles. The van der Waals surface area contributed by atoms with Gasteiger partial charge in [0.1, 0.15) is 0 Å². The fourth-order valence-electron chi connectivity index (χ4n) is 4.08. The van der Waals surface area contributed by atoms with E-state index in [2.05, 4.69) is 39.4 Å². The second-order valence-electron chi connectivity index (χ2n) is 8.50. The SMILES string of the molecule is CCCCc1ccc(NC(=O)C2CCCN(Cc3nc(-c4ccc(Cl)cc4Cl)no3)C2)cc1. The zero-order valence-electron chi connectivity index (χ0n) is 18.7. The number of aryl methyl sites for hydroxylation is 1. The Morgan fingerprint density at radius 2 is 2.03 bits per heavy atom. The number of hydrogen-bond acceptors (Lipinski definition) is 5. The molecule has 1 unspecified atom stereocenters. The lowest BCUT2D eigenvalue weighted by Crippen LogP contribution is -2.40.